The van der Waals surface area contributed by atoms with Gasteiger partial charge in [-0.1, -0.05) is 0 Å². The number of anilines is 2. The van der Waals surface area contributed by atoms with Gasteiger partial charge < -0.3 is 9.80 Å². The molecule has 5 nitrogen and oxygen atoms in total. The summed E-state index contributed by atoms with van der Waals surface area (Å²) >= 11 is 0. The molecule has 3 amide bonds. The molecule has 0 aromatic heterocycles. The van der Waals surface area contributed by atoms with Gasteiger partial charge in [0.05, 0.1) is 0 Å². The van der Waals surface area contributed by atoms with E-state index in [9.17, 15) is 18.4 Å². The number of fused-ring (bicyclic) bond motifs is 1. The van der Waals surface area contributed by atoms with E-state index in [0.717, 1.165) is 18.4 Å². The van der Waals surface area contributed by atoms with Crippen LogP contribution in [0.3, 0.4) is 0 Å². The van der Waals surface area contributed by atoms with Crippen LogP contribution in [0.5, 0.6) is 0 Å². The van der Waals surface area contributed by atoms with E-state index in [2.05, 4.69) is 0 Å². The number of carbonyl (C=O) groups is 2. The predicted molar refractivity (Wildman–Crippen MR) is 102 cm³/mol. The second kappa shape index (κ2) is 7.22. The van der Waals surface area contributed by atoms with Crippen molar-refractivity contribution in [3.05, 3.63) is 59.7 Å². The Bertz CT molecular complexity index is 916. The number of nitrogens with zero attached hydrogens (tertiary/aromatic N) is 3. The molecular weight excluding hydrogens is 364 g/mol. The summed E-state index contributed by atoms with van der Waals surface area (Å²) in [4.78, 5) is 30.4. The maximum atomic E-state index is 13.5. The van der Waals surface area contributed by atoms with Crippen LogP contribution in [0.25, 0.3) is 0 Å². The minimum absolute atomic E-state index is 0.0173. The van der Waals surface area contributed by atoms with Crippen LogP contribution >= 0.6 is 0 Å². The van der Waals surface area contributed by atoms with Crippen molar-refractivity contribution in [3.63, 3.8) is 0 Å². The minimum atomic E-state index is -0.364. The third-order valence-electron chi connectivity index (χ3n) is 5.40. The highest BCUT2D eigenvalue weighted by Crippen LogP contribution is 2.31. The summed E-state index contributed by atoms with van der Waals surface area (Å²) in [6.07, 6.45) is 1.47. The molecule has 2 aliphatic rings. The molecule has 1 saturated heterocycles. The number of halogens is 2. The summed E-state index contributed by atoms with van der Waals surface area (Å²) in [5.41, 5.74) is 2.13. The summed E-state index contributed by atoms with van der Waals surface area (Å²) in [5, 5.41) is 0. The number of hydrogen-bond acceptors (Lipinski definition) is 2. The van der Waals surface area contributed by atoms with Crippen LogP contribution in [-0.4, -0.2) is 42.5 Å². The molecule has 2 aromatic rings. The van der Waals surface area contributed by atoms with Crippen LogP contribution in [-0.2, 0) is 11.2 Å². The highest BCUT2D eigenvalue weighted by Gasteiger charge is 2.34. The van der Waals surface area contributed by atoms with E-state index in [1.807, 2.05) is 6.92 Å². The third-order valence-corrected chi connectivity index (χ3v) is 5.40. The van der Waals surface area contributed by atoms with Gasteiger partial charge in [0.2, 0.25) is 5.91 Å². The summed E-state index contributed by atoms with van der Waals surface area (Å²) < 4.78 is 26.7. The van der Waals surface area contributed by atoms with Crippen LogP contribution < -0.4 is 9.80 Å². The van der Waals surface area contributed by atoms with Gasteiger partial charge in [-0.15, -0.1) is 0 Å². The molecule has 4 rings (SSSR count). The molecule has 0 spiro atoms. The van der Waals surface area contributed by atoms with E-state index in [-0.39, 0.29) is 36.2 Å². The van der Waals surface area contributed by atoms with E-state index >= 15 is 0 Å². The zero-order chi connectivity index (χ0) is 19.8. The third kappa shape index (κ3) is 3.32. The summed E-state index contributed by atoms with van der Waals surface area (Å²) in [5.74, 6) is -0.864. The van der Waals surface area contributed by atoms with Crippen molar-refractivity contribution in [3.8, 4) is 0 Å². The maximum absolute atomic E-state index is 13.5. The molecule has 1 unspecified atom stereocenters. The first kappa shape index (κ1) is 18.4. The fraction of sp³-hybridized carbons (Fsp3) is 0.333. The van der Waals surface area contributed by atoms with Crippen molar-refractivity contribution in [2.45, 2.75) is 25.8 Å². The summed E-state index contributed by atoms with van der Waals surface area (Å²) in [6, 6.07) is 9.89. The normalized spacial score (nSPS) is 19.2. The van der Waals surface area contributed by atoms with E-state index in [4.69, 9.17) is 0 Å². The Morgan fingerprint density at radius 1 is 1.07 bits per heavy atom. The van der Waals surface area contributed by atoms with Crippen LogP contribution in [0.2, 0.25) is 0 Å². The average Bonchev–Trinajstić information content (AvgIpc) is 3.03. The maximum Gasteiger partial charge on any atom is 0.325 e. The topological polar surface area (TPSA) is 43.9 Å². The predicted octanol–water partition coefficient (Wildman–Crippen LogP) is 3.57. The number of carbonyl (C=O) groups excluding carboxylic acids is 2. The lowest BCUT2D eigenvalue weighted by Gasteiger charge is -2.36. The van der Waals surface area contributed by atoms with Gasteiger partial charge in [0.15, 0.2) is 0 Å². The van der Waals surface area contributed by atoms with Gasteiger partial charge in [0, 0.05) is 30.5 Å². The van der Waals surface area contributed by atoms with Crippen LogP contribution in [0.4, 0.5) is 25.0 Å². The van der Waals surface area contributed by atoms with Gasteiger partial charge in [0.1, 0.15) is 18.2 Å². The monoisotopic (exact) mass is 385 g/mol. The number of hydrogen-bond donors (Lipinski definition) is 0. The van der Waals surface area contributed by atoms with Gasteiger partial charge in [-0.3, -0.25) is 9.69 Å². The Morgan fingerprint density at radius 3 is 2.54 bits per heavy atom. The Balaban J connectivity index is 1.50. The van der Waals surface area contributed by atoms with Gasteiger partial charge >= 0.3 is 6.03 Å². The second-order valence-electron chi connectivity index (χ2n) is 7.26. The Labute approximate surface area is 162 Å². The number of benzene rings is 2. The number of urea groups is 1. The molecule has 2 aliphatic heterocycles. The smallest absolute Gasteiger partial charge is 0.313 e. The number of rotatable bonds is 3. The van der Waals surface area contributed by atoms with Crippen molar-refractivity contribution in [1.82, 2.24) is 4.90 Å². The van der Waals surface area contributed by atoms with Crippen molar-refractivity contribution >= 4 is 23.3 Å². The van der Waals surface area contributed by atoms with E-state index in [1.165, 1.54) is 34.1 Å². The van der Waals surface area contributed by atoms with Crippen molar-refractivity contribution in [1.29, 1.82) is 0 Å². The van der Waals surface area contributed by atoms with Crippen LogP contribution in [0, 0.1) is 11.6 Å². The molecule has 0 saturated carbocycles. The van der Waals surface area contributed by atoms with Crippen LogP contribution in [0.1, 0.15) is 18.9 Å². The highest BCUT2D eigenvalue weighted by molar-refractivity contribution is 6.01. The molecule has 146 valence electrons. The first-order valence-electron chi connectivity index (χ1n) is 9.36. The van der Waals surface area contributed by atoms with Crippen molar-refractivity contribution < 1.29 is 18.4 Å². The molecule has 2 heterocycles. The zero-order valence-electron chi connectivity index (χ0n) is 15.6. The Morgan fingerprint density at radius 2 is 1.79 bits per heavy atom. The molecule has 28 heavy (non-hydrogen) atoms. The molecule has 1 fully saturated rings. The van der Waals surface area contributed by atoms with Gasteiger partial charge in [-0.25, -0.2) is 13.6 Å². The lowest BCUT2D eigenvalue weighted by Crippen LogP contribution is -2.48. The summed E-state index contributed by atoms with van der Waals surface area (Å²) in [7, 11) is 0. The molecule has 0 aliphatic carbocycles. The first-order valence-corrected chi connectivity index (χ1v) is 9.36. The molecule has 2 aromatic carbocycles. The van der Waals surface area contributed by atoms with Gasteiger partial charge in [0.25, 0.3) is 0 Å². The standard InChI is InChI=1S/C21H21F2N3O2/c1-14-2-3-15-12-17(23)6-9-19(15)26(14)20(27)13-24-10-11-25(21(24)28)18-7-4-16(22)5-8-18/h4-9,12,14H,2-3,10-11,13H2,1H3. The number of amides is 3. The quantitative estimate of drug-likeness (QED) is 0.811. The van der Waals surface area contributed by atoms with E-state index < -0.39 is 0 Å². The fourth-order valence-corrected chi connectivity index (χ4v) is 3.93. The Kier molecular flexibility index (Phi) is 4.75. The second-order valence-corrected chi connectivity index (χ2v) is 7.26. The lowest BCUT2D eigenvalue weighted by atomic mass is 9.96. The zero-order valence-corrected chi connectivity index (χ0v) is 15.6. The van der Waals surface area contributed by atoms with E-state index in [1.54, 1.807) is 23.1 Å². The highest BCUT2D eigenvalue weighted by atomic mass is 19.1. The molecule has 0 bridgehead atoms. The van der Waals surface area contributed by atoms with Crippen molar-refractivity contribution in [2.75, 3.05) is 29.4 Å². The van der Waals surface area contributed by atoms with Gasteiger partial charge in [-0.2, -0.15) is 0 Å². The molecule has 0 N–H and O–H groups in total. The Hall–Kier alpha value is -2.96. The molecule has 1 atom stereocenters. The lowest BCUT2D eigenvalue weighted by molar-refractivity contribution is -0.119. The van der Waals surface area contributed by atoms with Gasteiger partial charge in [-0.05, 0) is 67.8 Å². The number of aryl methyl sites for hydroxylation is 1. The molecule has 7 heteroatoms. The largest absolute Gasteiger partial charge is 0.325 e. The summed E-state index contributed by atoms with van der Waals surface area (Å²) in [6.45, 7) is 2.77. The fourth-order valence-electron chi connectivity index (χ4n) is 3.93. The average molecular weight is 385 g/mol. The van der Waals surface area contributed by atoms with Crippen molar-refractivity contribution in [2.24, 2.45) is 0 Å². The molecular formula is C21H21F2N3O2. The van der Waals surface area contributed by atoms with Crippen LogP contribution in [0.15, 0.2) is 42.5 Å². The SMILES string of the molecule is CC1CCc2cc(F)ccc2N1C(=O)CN1CCN(c2ccc(F)cc2)C1=O. The first-order chi connectivity index (χ1) is 13.4. The minimum Gasteiger partial charge on any atom is -0.313 e. The molecule has 0 radical (unpaired) electrons. The van der Waals surface area contributed by atoms with E-state index in [0.29, 0.717) is 24.5 Å².